The van der Waals surface area contributed by atoms with Gasteiger partial charge >= 0.3 is 18.0 Å². The Labute approximate surface area is 133 Å². The van der Waals surface area contributed by atoms with Crippen molar-refractivity contribution in [1.82, 2.24) is 0 Å². The highest BCUT2D eigenvalue weighted by atomic mass is 19.4. The predicted octanol–water partition coefficient (Wildman–Crippen LogP) is 6.23. The molecule has 0 nitrogen and oxygen atoms in total. The maximum Gasteiger partial charge on any atom is 0.416 e. The number of benzene rings is 2. The van der Waals surface area contributed by atoms with Gasteiger partial charge in [0.05, 0.1) is 5.56 Å². The molecule has 0 amide bonds. The van der Waals surface area contributed by atoms with Gasteiger partial charge in [0.25, 0.3) is 0 Å². The van der Waals surface area contributed by atoms with Crippen molar-refractivity contribution in [3.63, 3.8) is 0 Å². The fourth-order valence-corrected chi connectivity index (χ4v) is 2.06. The summed E-state index contributed by atoms with van der Waals surface area (Å²) in [6.45, 7) is 3.42. The third-order valence-electron chi connectivity index (χ3n) is 3.48. The molecule has 0 N–H and O–H groups in total. The second-order valence-electron chi connectivity index (χ2n) is 5.05. The number of hydrogen-bond acceptors (Lipinski definition) is 0. The Morgan fingerprint density at radius 1 is 0.583 bits per heavy atom. The molecule has 0 aliphatic heterocycles. The Hall–Kier alpha value is -2.31. The van der Waals surface area contributed by atoms with Crippen LogP contribution in [0.4, 0.5) is 30.7 Å². The van der Waals surface area contributed by atoms with Crippen LogP contribution in [0.15, 0.2) is 55.1 Å². The molecule has 7 heteroatoms. The molecule has 24 heavy (non-hydrogen) atoms. The third kappa shape index (κ3) is 3.16. The van der Waals surface area contributed by atoms with Crippen LogP contribution in [-0.4, -0.2) is 0 Å². The monoisotopic (exact) mass is 348 g/mol. The molecule has 0 atom stereocenters. The number of alkyl halides is 7. The van der Waals surface area contributed by atoms with E-state index >= 15 is 0 Å². The molecule has 2 aromatic rings. The van der Waals surface area contributed by atoms with Crippen LogP contribution < -0.4 is 0 Å². The Balaban J connectivity index is 2.41. The summed E-state index contributed by atoms with van der Waals surface area (Å²) in [6.07, 6.45) is -3.38. The first-order valence-corrected chi connectivity index (χ1v) is 6.66. The van der Waals surface area contributed by atoms with E-state index < -0.39 is 34.7 Å². The quantitative estimate of drug-likeness (QED) is 0.575. The van der Waals surface area contributed by atoms with Gasteiger partial charge in [0.2, 0.25) is 0 Å². The van der Waals surface area contributed by atoms with E-state index in [1.165, 1.54) is 18.2 Å². The summed E-state index contributed by atoms with van der Waals surface area (Å²) in [6, 6.07) is 5.45. The predicted molar refractivity (Wildman–Crippen MR) is 75.8 cm³/mol. The SMILES string of the molecule is C=Cc1ccc(C(F)(F)C(F)(F)c2ccc(C(F)(F)F)cc2)cc1. The van der Waals surface area contributed by atoms with E-state index in [2.05, 4.69) is 6.58 Å². The Morgan fingerprint density at radius 3 is 1.25 bits per heavy atom. The summed E-state index contributed by atoms with van der Waals surface area (Å²) in [7, 11) is 0. The molecule has 0 fully saturated rings. The topological polar surface area (TPSA) is 0 Å². The van der Waals surface area contributed by atoms with Crippen LogP contribution in [0, 0.1) is 0 Å². The lowest BCUT2D eigenvalue weighted by Crippen LogP contribution is -2.35. The molecule has 128 valence electrons. The third-order valence-corrected chi connectivity index (χ3v) is 3.48. The molecule has 0 saturated heterocycles. The van der Waals surface area contributed by atoms with Crippen LogP contribution in [0.25, 0.3) is 6.08 Å². The van der Waals surface area contributed by atoms with E-state index in [0.717, 1.165) is 12.1 Å². The van der Waals surface area contributed by atoms with E-state index in [4.69, 9.17) is 0 Å². The smallest absolute Gasteiger partial charge is 0.194 e. The molecular formula is C17H11F7. The normalized spacial score (nSPS) is 13.0. The van der Waals surface area contributed by atoms with Crippen molar-refractivity contribution >= 4 is 6.08 Å². The minimum Gasteiger partial charge on any atom is -0.194 e. The molecule has 0 unspecified atom stereocenters. The average Bonchev–Trinajstić information content (AvgIpc) is 2.54. The zero-order valence-electron chi connectivity index (χ0n) is 12.0. The fourth-order valence-electron chi connectivity index (χ4n) is 2.06. The van der Waals surface area contributed by atoms with E-state index in [1.54, 1.807) is 0 Å². The summed E-state index contributed by atoms with van der Waals surface area (Å²) in [5.74, 6) is -9.26. The maximum atomic E-state index is 14.2. The fraction of sp³-hybridized carbons (Fsp3) is 0.176. The molecule has 0 heterocycles. The van der Waals surface area contributed by atoms with E-state index in [-0.39, 0.29) is 0 Å². The molecule has 0 spiro atoms. The van der Waals surface area contributed by atoms with Gasteiger partial charge in [-0.25, -0.2) is 0 Å². The highest BCUT2D eigenvalue weighted by molar-refractivity contribution is 5.48. The van der Waals surface area contributed by atoms with Gasteiger partial charge in [-0.2, -0.15) is 30.7 Å². The van der Waals surface area contributed by atoms with E-state index in [9.17, 15) is 30.7 Å². The van der Waals surface area contributed by atoms with Crippen molar-refractivity contribution in [2.75, 3.05) is 0 Å². The molecule has 2 rings (SSSR count). The van der Waals surface area contributed by atoms with Gasteiger partial charge in [-0.15, -0.1) is 0 Å². The van der Waals surface area contributed by atoms with Gasteiger partial charge in [-0.05, 0) is 17.7 Å². The van der Waals surface area contributed by atoms with Crippen LogP contribution in [0.2, 0.25) is 0 Å². The van der Waals surface area contributed by atoms with Crippen molar-refractivity contribution in [3.05, 3.63) is 77.4 Å². The second kappa shape index (κ2) is 5.96. The van der Waals surface area contributed by atoms with Gasteiger partial charge in [0.15, 0.2) is 0 Å². The van der Waals surface area contributed by atoms with Crippen LogP contribution in [0.1, 0.15) is 22.3 Å². The van der Waals surface area contributed by atoms with Crippen molar-refractivity contribution in [2.24, 2.45) is 0 Å². The lowest BCUT2D eigenvalue weighted by molar-refractivity contribution is -0.223. The second-order valence-corrected chi connectivity index (χ2v) is 5.05. The highest BCUT2D eigenvalue weighted by Crippen LogP contribution is 2.49. The van der Waals surface area contributed by atoms with Gasteiger partial charge in [0, 0.05) is 11.1 Å². The van der Waals surface area contributed by atoms with Crippen LogP contribution in [0.5, 0.6) is 0 Å². The van der Waals surface area contributed by atoms with Crippen LogP contribution >= 0.6 is 0 Å². The largest absolute Gasteiger partial charge is 0.416 e. The van der Waals surface area contributed by atoms with Gasteiger partial charge in [-0.1, -0.05) is 49.1 Å². The van der Waals surface area contributed by atoms with Gasteiger partial charge in [0.1, 0.15) is 0 Å². The molecular weight excluding hydrogens is 337 g/mol. The first-order valence-electron chi connectivity index (χ1n) is 6.66. The lowest BCUT2D eigenvalue weighted by Gasteiger charge is -2.27. The highest BCUT2D eigenvalue weighted by Gasteiger charge is 2.58. The van der Waals surface area contributed by atoms with E-state index in [0.29, 0.717) is 29.8 Å². The van der Waals surface area contributed by atoms with Gasteiger partial charge < -0.3 is 0 Å². The molecule has 0 aromatic heterocycles. The number of rotatable bonds is 4. The number of halogens is 7. The van der Waals surface area contributed by atoms with Gasteiger partial charge in [-0.3, -0.25) is 0 Å². The first-order chi connectivity index (χ1) is 11.0. The maximum absolute atomic E-state index is 14.2. The zero-order valence-corrected chi connectivity index (χ0v) is 12.0. The Bertz CT molecular complexity index is 710. The van der Waals surface area contributed by atoms with Crippen molar-refractivity contribution in [1.29, 1.82) is 0 Å². The summed E-state index contributed by atoms with van der Waals surface area (Å²) < 4.78 is 94.1. The molecule has 2 aromatic carbocycles. The molecule has 0 bridgehead atoms. The average molecular weight is 348 g/mol. The minimum atomic E-state index is -4.74. The van der Waals surface area contributed by atoms with E-state index in [1.807, 2.05) is 0 Å². The summed E-state index contributed by atoms with van der Waals surface area (Å²) in [5, 5.41) is 0. The summed E-state index contributed by atoms with van der Waals surface area (Å²) in [5.41, 5.74) is -2.88. The molecule has 0 radical (unpaired) electrons. The van der Waals surface area contributed by atoms with Crippen LogP contribution in [0.3, 0.4) is 0 Å². The van der Waals surface area contributed by atoms with Crippen LogP contribution in [-0.2, 0) is 18.0 Å². The molecule has 0 aliphatic rings. The minimum absolute atomic E-state index is 0.347. The standard InChI is InChI=1S/C17H11F7/c1-2-11-3-5-12(6-4-11)15(18,19)16(20,21)13-7-9-14(10-8-13)17(22,23)24/h2-10H,1H2. The van der Waals surface area contributed by atoms with Crippen molar-refractivity contribution < 1.29 is 30.7 Å². The van der Waals surface area contributed by atoms with Crippen molar-refractivity contribution in [2.45, 2.75) is 18.0 Å². The lowest BCUT2D eigenvalue weighted by atomic mass is 9.94. The zero-order chi connectivity index (χ0) is 18.2. The van der Waals surface area contributed by atoms with Crippen molar-refractivity contribution in [3.8, 4) is 0 Å². The summed E-state index contributed by atoms with van der Waals surface area (Å²) in [4.78, 5) is 0. The molecule has 0 saturated carbocycles. The Kier molecular flexibility index (Phi) is 4.48. The number of hydrogen-bond donors (Lipinski definition) is 0. The summed E-state index contributed by atoms with van der Waals surface area (Å²) >= 11 is 0. The Morgan fingerprint density at radius 2 is 0.917 bits per heavy atom. The molecule has 0 aliphatic carbocycles. The first kappa shape index (κ1) is 18.0.